The molecule has 0 saturated heterocycles. The molecule has 0 aromatic heterocycles. The molecule has 9 heteroatoms. The van der Waals surface area contributed by atoms with Crippen molar-refractivity contribution in [1.82, 2.24) is 4.90 Å². The van der Waals surface area contributed by atoms with Crippen LogP contribution in [0.25, 0.3) is 0 Å². The molecule has 0 bridgehead atoms. The van der Waals surface area contributed by atoms with Gasteiger partial charge in [-0.2, -0.15) is 8.42 Å². The van der Waals surface area contributed by atoms with Crippen LogP contribution in [0.2, 0.25) is 0 Å². The van der Waals surface area contributed by atoms with E-state index in [4.69, 9.17) is 9.29 Å². The second-order valence-electron chi connectivity index (χ2n) is 7.84. The van der Waals surface area contributed by atoms with Crippen molar-refractivity contribution in [1.29, 1.82) is 0 Å². The molecule has 1 aliphatic heterocycles. The van der Waals surface area contributed by atoms with E-state index in [1.165, 1.54) is 31.9 Å². The van der Waals surface area contributed by atoms with Gasteiger partial charge in [-0.25, -0.2) is 9.59 Å². The smallest absolute Gasteiger partial charge is 0.336 e. The Kier molecular flexibility index (Phi) is 9.61. The van der Waals surface area contributed by atoms with E-state index in [-0.39, 0.29) is 5.54 Å². The van der Waals surface area contributed by atoms with Crippen molar-refractivity contribution < 1.29 is 32.0 Å². The number of hydrogen-bond acceptors (Lipinski definition) is 7. The molecule has 1 heterocycles. The Morgan fingerprint density at radius 3 is 2.34 bits per heavy atom. The lowest BCUT2D eigenvalue weighted by Crippen LogP contribution is -2.48. The lowest BCUT2D eigenvalue weighted by Gasteiger charge is -2.47. The van der Waals surface area contributed by atoms with Gasteiger partial charge < -0.3 is 9.47 Å². The van der Waals surface area contributed by atoms with Crippen LogP contribution >= 0.6 is 0 Å². The van der Waals surface area contributed by atoms with Crippen LogP contribution in [-0.2, 0) is 30.0 Å². The van der Waals surface area contributed by atoms with Crippen LogP contribution in [0.5, 0.6) is 5.75 Å². The van der Waals surface area contributed by atoms with Gasteiger partial charge in [0.05, 0.1) is 13.4 Å². The first-order chi connectivity index (χ1) is 15.1. The zero-order valence-electron chi connectivity index (χ0n) is 18.5. The maximum atomic E-state index is 12.0. The summed E-state index contributed by atoms with van der Waals surface area (Å²) in [7, 11) is -2.40. The topological polar surface area (TPSA) is 110 Å². The molecule has 1 saturated carbocycles. The Morgan fingerprint density at radius 2 is 1.75 bits per heavy atom. The maximum absolute atomic E-state index is 12.0. The number of rotatable bonds is 5. The highest BCUT2D eigenvalue weighted by Gasteiger charge is 2.39. The van der Waals surface area contributed by atoms with Crippen molar-refractivity contribution in [3.05, 3.63) is 54.1 Å². The fraction of sp³-hybridized carbons (Fsp3) is 0.478. The molecule has 32 heavy (non-hydrogen) atoms. The number of esters is 2. The molecular weight excluding hydrogens is 434 g/mol. The average molecular weight is 466 g/mol. The summed E-state index contributed by atoms with van der Waals surface area (Å²) < 4.78 is 35.8. The van der Waals surface area contributed by atoms with E-state index in [1.54, 1.807) is 6.07 Å². The largest absolute Gasteiger partial charge is 0.466 e. The third-order valence-electron chi connectivity index (χ3n) is 5.49. The van der Waals surface area contributed by atoms with Gasteiger partial charge in [0, 0.05) is 30.8 Å². The normalized spacial score (nSPS) is 18.5. The standard InChI is InChI=1S/C22H27NO4.CH4O3S/c1-26-20(24)11-12-21(25)27-19-10-8-9-18(17-19)22(13-4-2-5-14-22)23-15-6-3-7-16-23;1-5(2,3)4/h3,6,8-12,17H,2,4-5,7,13-16H2,1H3;1H3,(H,2,3,4)/b12-11+;. The molecule has 176 valence electrons. The first kappa shape index (κ1) is 25.8. The lowest BCUT2D eigenvalue weighted by atomic mass is 9.74. The molecule has 1 aromatic rings. The van der Waals surface area contributed by atoms with E-state index in [9.17, 15) is 18.0 Å². The van der Waals surface area contributed by atoms with Crippen LogP contribution in [0, 0.1) is 0 Å². The minimum atomic E-state index is -3.67. The number of benzene rings is 1. The summed E-state index contributed by atoms with van der Waals surface area (Å²) in [5.41, 5.74) is 1.22. The summed E-state index contributed by atoms with van der Waals surface area (Å²) in [6, 6.07) is 7.84. The molecule has 0 atom stereocenters. The molecule has 0 radical (unpaired) electrons. The first-order valence-corrected chi connectivity index (χ1v) is 12.4. The average Bonchev–Trinajstić information content (AvgIpc) is 2.77. The van der Waals surface area contributed by atoms with Crippen LogP contribution in [0.4, 0.5) is 0 Å². The molecule has 2 aliphatic rings. The predicted octanol–water partition coefficient (Wildman–Crippen LogP) is 3.25. The second-order valence-corrected chi connectivity index (χ2v) is 9.30. The molecule has 1 aromatic carbocycles. The minimum absolute atomic E-state index is 0.00723. The van der Waals surface area contributed by atoms with Gasteiger partial charge in [0.1, 0.15) is 5.75 Å². The summed E-state index contributed by atoms with van der Waals surface area (Å²) in [4.78, 5) is 25.7. The van der Waals surface area contributed by atoms with Gasteiger partial charge in [0.15, 0.2) is 0 Å². The quantitative estimate of drug-likeness (QED) is 0.232. The number of ether oxygens (including phenoxy) is 2. The van der Waals surface area contributed by atoms with E-state index in [2.05, 4.69) is 27.9 Å². The molecule has 0 amide bonds. The Morgan fingerprint density at radius 1 is 1.09 bits per heavy atom. The molecule has 0 unspecified atom stereocenters. The third-order valence-corrected chi connectivity index (χ3v) is 5.49. The van der Waals surface area contributed by atoms with Crippen molar-refractivity contribution >= 4 is 22.1 Å². The van der Waals surface area contributed by atoms with Gasteiger partial charge in [-0.15, -0.1) is 0 Å². The van der Waals surface area contributed by atoms with Gasteiger partial charge in [-0.3, -0.25) is 9.45 Å². The van der Waals surface area contributed by atoms with Crippen molar-refractivity contribution in [3.63, 3.8) is 0 Å². The summed E-state index contributed by atoms with van der Waals surface area (Å²) in [6.07, 6.45) is 14.4. The molecule has 0 spiro atoms. The molecule has 1 fully saturated rings. The van der Waals surface area contributed by atoms with Crippen LogP contribution < -0.4 is 4.74 Å². The van der Waals surface area contributed by atoms with Gasteiger partial charge in [-0.05, 0) is 37.0 Å². The SMILES string of the molecule is COC(=O)/C=C/C(=O)Oc1cccc(C2(N3CC=CCC3)CCCCC2)c1.CS(=O)(=O)O. The van der Waals surface area contributed by atoms with E-state index in [0.717, 1.165) is 44.5 Å². The van der Waals surface area contributed by atoms with Gasteiger partial charge in [0.25, 0.3) is 10.1 Å². The summed E-state index contributed by atoms with van der Waals surface area (Å²) in [5.74, 6) is -0.666. The number of hydrogen-bond donors (Lipinski definition) is 1. The molecular formula is C23H31NO7S. The fourth-order valence-corrected chi connectivity index (χ4v) is 4.16. The third kappa shape index (κ3) is 8.22. The molecule has 1 N–H and O–H groups in total. The molecule has 3 rings (SSSR count). The zero-order valence-corrected chi connectivity index (χ0v) is 19.3. The van der Waals surface area contributed by atoms with E-state index >= 15 is 0 Å². The Balaban J connectivity index is 0.000000654. The Hall–Kier alpha value is -2.49. The highest BCUT2D eigenvalue weighted by molar-refractivity contribution is 7.85. The Labute approximate surface area is 189 Å². The summed E-state index contributed by atoms with van der Waals surface area (Å²) in [5, 5.41) is 0. The van der Waals surface area contributed by atoms with Gasteiger partial charge in [0.2, 0.25) is 0 Å². The second kappa shape index (κ2) is 11.9. The van der Waals surface area contributed by atoms with E-state index < -0.39 is 22.1 Å². The predicted molar refractivity (Wildman–Crippen MR) is 121 cm³/mol. The molecule has 8 nitrogen and oxygen atoms in total. The number of nitrogens with zero attached hydrogens (tertiary/aromatic N) is 1. The Bertz CT molecular complexity index is 939. The van der Waals surface area contributed by atoms with Crippen molar-refractivity contribution in [3.8, 4) is 5.75 Å². The lowest BCUT2D eigenvalue weighted by molar-refractivity contribution is -0.135. The van der Waals surface area contributed by atoms with Crippen molar-refractivity contribution in [2.45, 2.75) is 44.1 Å². The highest BCUT2D eigenvalue weighted by atomic mass is 32.2. The number of carbonyl (C=O) groups is 2. The molecule has 1 aliphatic carbocycles. The van der Waals surface area contributed by atoms with Gasteiger partial charge in [-0.1, -0.05) is 43.5 Å². The van der Waals surface area contributed by atoms with Crippen LogP contribution in [0.15, 0.2) is 48.6 Å². The van der Waals surface area contributed by atoms with E-state index in [1.807, 2.05) is 12.1 Å². The minimum Gasteiger partial charge on any atom is -0.466 e. The van der Waals surface area contributed by atoms with Crippen molar-refractivity contribution in [2.75, 3.05) is 26.5 Å². The number of carbonyl (C=O) groups excluding carboxylic acids is 2. The monoisotopic (exact) mass is 465 g/mol. The van der Waals surface area contributed by atoms with Crippen LogP contribution in [0.3, 0.4) is 0 Å². The number of methoxy groups -OCH3 is 1. The summed E-state index contributed by atoms with van der Waals surface area (Å²) >= 11 is 0. The highest BCUT2D eigenvalue weighted by Crippen LogP contribution is 2.43. The van der Waals surface area contributed by atoms with Crippen LogP contribution in [-0.4, -0.2) is 56.3 Å². The van der Waals surface area contributed by atoms with E-state index in [0.29, 0.717) is 12.0 Å². The maximum Gasteiger partial charge on any atom is 0.336 e. The first-order valence-electron chi connectivity index (χ1n) is 10.5. The van der Waals surface area contributed by atoms with Crippen molar-refractivity contribution in [2.24, 2.45) is 0 Å². The van der Waals surface area contributed by atoms with Gasteiger partial charge >= 0.3 is 11.9 Å². The van der Waals surface area contributed by atoms with Crippen LogP contribution in [0.1, 0.15) is 44.1 Å². The fourth-order valence-electron chi connectivity index (χ4n) is 4.16. The summed E-state index contributed by atoms with van der Waals surface area (Å²) in [6.45, 7) is 2.02. The zero-order chi connectivity index (χ0) is 23.6.